The summed E-state index contributed by atoms with van der Waals surface area (Å²) in [5.74, 6) is -0.210. The molecule has 0 saturated carbocycles. The number of rotatable bonds is 4. The third-order valence-corrected chi connectivity index (χ3v) is 7.31. The average molecular weight is 404 g/mol. The Kier molecular flexibility index (Phi) is 4.88. The first-order valence-corrected chi connectivity index (χ1v) is 11.3. The molecular weight excluding hydrogens is 380 g/mol. The van der Waals surface area contributed by atoms with Crippen molar-refractivity contribution in [1.82, 2.24) is 19.8 Å². The Balaban J connectivity index is 1.50. The summed E-state index contributed by atoms with van der Waals surface area (Å²) in [4.78, 5) is 29.4. The number of H-pyrrole nitrogens is 1. The molecule has 2 saturated heterocycles. The highest BCUT2D eigenvalue weighted by atomic mass is 32.2. The molecule has 0 aliphatic carbocycles. The molecule has 3 heterocycles. The normalized spacial score (nSPS) is 24.5. The molecular formula is C19H24N4O4S. The van der Waals surface area contributed by atoms with E-state index in [1.165, 1.54) is 4.57 Å². The zero-order valence-electron chi connectivity index (χ0n) is 15.7. The van der Waals surface area contributed by atoms with Crippen LogP contribution in [0.5, 0.6) is 0 Å². The van der Waals surface area contributed by atoms with Crippen LogP contribution in [-0.2, 0) is 9.84 Å². The highest BCUT2D eigenvalue weighted by Gasteiger charge is 2.42. The van der Waals surface area contributed by atoms with Gasteiger partial charge in [0.15, 0.2) is 9.84 Å². The Morgan fingerprint density at radius 2 is 1.82 bits per heavy atom. The van der Waals surface area contributed by atoms with Crippen LogP contribution in [0.1, 0.15) is 28.9 Å². The van der Waals surface area contributed by atoms with Crippen LogP contribution in [-0.4, -0.2) is 65.5 Å². The number of hydrogen-bond acceptors (Lipinski definition) is 5. The maximum absolute atomic E-state index is 12.7. The monoisotopic (exact) mass is 404 g/mol. The average Bonchev–Trinajstić information content (AvgIpc) is 3.35. The summed E-state index contributed by atoms with van der Waals surface area (Å²) in [6, 6.07) is 6.16. The largest absolute Gasteiger partial charge is 0.347 e. The molecule has 1 amide bonds. The summed E-state index contributed by atoms with van der Waals surface area (Å²) in [6.45, 7) is 3.58. The second-order valence-electron chi connectivity index (χ2n) is 7.58. The Morgan fingerprint density at radius 1 is 1.14 bits per heavy atom. The SMILES string of the molecule is Cc1c[nH]c(=O)n1-c1ccc(C(=O)N[C@@H]2CS(=O)(=O)C[C@@H]2N2CCCC2)cc1. The number of nitrogens with zero attached hydrogens (tertiary/aromatic N) is 2. The maximum atomic E-state index is 12.7. The zero-order chi connectivity index (χ0) is 19.9. The molecule has 2 N–H and O–H groups in total. The molecule has 0 unspecified atom stereocenters. The third kappa shape index (κ3) is 3.64. The molecule has 2 aromatic rings. The van der Waals surface area contributed by atoms with E-state index in [-0.39, 0.29) is 29.1 Å². The summed E-state index contributed by atoms with van der Waals surface area (Å²) in [6.07, 6.45) is 3.76. The van der Waals surface area contributed by atoms with Crippen molar-refractivity contribution in [3.8, 4) is 5.69 Å². The van der Waals surface area contributed by atoms with Crippen LogP contribution in [0.25, 0.3) is 5.69 Å². The Bertz CT molecular complexity index is 1030. The Hall–Kier alpha value is -2.39. The molecule has 2 aliphatic rings. The number of hydrogen-bond donors (Lipinski definition) is 2. The van der Waals surface area contributed by atoms with Gasteiger partial charge in [-0.2, -0.15) is 0 Å². The van der Waals surface area contributed by atoms with Crippen molar-refractivity contribution in [2.75, 3.05) is 24.6 Å². The number of imidazole rings is 1. The van der Waals surface area contributed by atoms with E-state index in [4.69, 9.17) is 0 Å². The summed E-state index contributed by atoms with van der Waals surface area (Å²) >= 11 is 0. The highest BCUT2D eigenvalue weighted by molar-refractivity contribution is 7.91. The molecule has 0 spiro atoms. The van der Waals surface area contributed by atoms with Crippen LogP contribution >= 0.6 is 0 Å². The lowest BCUT2D eigenvalue weighted by Crippen LogP contribution is -2.50. The van der Waals surface area contributed by atoms with Crippen LogP contribution in [0.15, 0.2) is 35.3 Å². The number of carbonyl (C=O) groups excluding carboxylic acids is 1. The number of aryl methyl sites for hydroxylation is 1. The fraction of sp³-hybridized carbons (Fsp3) is 0.474. The first kappa shape index (κ1) is 18.9. The second kappa shape index (κ2) is 7.21. The molecule has 2 fully saturated rings. The number of nitrogens with one attached hydrogen (secondary N) is 2. The smallest absolute Gasteiger partial charge is 0.330 e. The van der Waals surface area contributed by atoms with Gasteiger partial charge < -0.3 is 10.3 Å². The van der Waals surface area contributed by atoms with E-state index in [0.29, 0.717) is 11.3 Å². The fourth-order valence-corrected chi connectivity index (χ4v) is 6.14. The van der Waals surface area contributed by atoms with E-state index in [1.807, 2.05) is 6.92 Å². The fourth-order valence-electron chi connectivity index (χ4n) is 4.19. The van der Waals surface area contributed by atoms with Crippen molar-refractivity contribution >= 4 is 15.7 Å². The van der Waals surface area contributed by atoms with Crippen LogP contribution in [0, 0.1) is 6.92 Å². The molecule has 2 aliphatic heterocycles. The molecule has 2 atom stereocenters. The predicted octanol–water partition coefficient (Wildman–Crippen LogP) is 0.465. The topological polar surface area (TPSA) is 104 Å². The van der Waals surface area contributed by atoms with Crippen molar-refractivity contribution in [1.29, 1.82) is 0 Å². The van der Waals surface area contributed by atoms with Crippen LogP contribution in [0.3, 0.4) is 0 Å². The lowest BCUT2D eigenvalue weighted by Gasteiger charge is -2.28. The zero-order valence-corrected chi connectivity index (χ0v) is 16.5. The van der Waals surface area contributed by atoms with Gasteiger partial charge in [0.25, 0.3) is 5.91 Å². The third-order valence-electron chi connectivity index (χ3n) is 5.60. The van der Waals surface area contributed by atoms with Gasteiger partial charge >= 0.3 is 5.69 Å². The minimum Gasteiger partial charge on any atom is -0.347 e. The number of aromatic amines is 1. The van der Waals surface area contributed by atoms with Gasteiger partial charge in [0, 0.05) is 23.5 Å². The maximum Gasteiger partial charge on any atom is 0.330 e. The van der Waals surface area contributed by atoms with E-state index in [0.717, 1.165) is 31.6 Å². The van der Waals surface area contributed by atoms with Gasteiger partial charge in [-0.05, 0) is 57.1 Å². The highest BCUT2D eigenvalue weighted by Crippen LogP contribution is 2.23. The van der Waals surface area contributed by atoms with Crippen molar-refractivity contribution in [2.45, 2.75) is 31.8 Å². The van der Waals surface area contributed by atoms with E-state index < -0.39 is 15.9 Å². The molecule has 8 nitrogen and oxygen atoms in total. The number of benzene rings is 1. The molecule has 0 bridgehead atoms. The first-order chi connectivity index (χ1) is 13.3. The summed E-state index contributed by atoms with van der Waals surface area (Å²) in [7, 11) is -3.15. The van der Waals surface area contributed by atoms with E-state index in [9.17, 15) is 18.0 Å². The van der Waals surface area contributed by atoms with Crippen molar-refractivity contribution < 1.29 is 13.2 Å². The molecule has 9 heteroatoms. The van der Waals surface area contributed by atoms with E-state index >= 15 is 0 Å². The van der Waals surface area contributed by atoms with Gasteiger partial charge in [-0.1, -0.05) is 0 Å². The van der Waals surface area contributed by atoms with Gasteiger partial charge in [-0.25, -0.2) is 13.2 Å². The van der Waals surface area contributed by atoms with Gasteiger partial charge in [-0.3, -0.25) is 14.3 Å². The number of carbonyl (C=O) groups is 1. The minimum atomic E-state index is -3.15. The molecule has 28 heavy (non-hydrogen) atoms. The van der Waals surface area contributed by atoms with Gasteiger partial charge in [0.1, 0.15) is 0 Å². The van der Waals surface area contributed by atoms with Crippen molar-refractivity contribution in [3.05, 3.63) is 52.2 Å². The van der Waals surface area contributed by atoms with E-state index in [1.54, 1.807) is 30.5 Å². The quantitative estimate of drug-likeness (QED) is 0.771. The number of aromatic nitrogens is 2. The Morgan fingerprint density at radius 3 is 2.43 bits per heavy atom. The summed E-state index contributed by atoms with van der Waals surface area (Å²) in [5.41, 5.74) is 1.64. The van der Waals surface area contributed by atoms with Crippen LogP contribution in [0.2, 0.25) is 0 Å². The Labute approximate surface area is 163 Å². The lowest BCUT2D eigenvalue weighted by atomic mass is 10.1. The van der Waals surface area contributed by atoms with Crippen LogP contribution in [0.4, 0.5) is 0 Å². The number of likely N-dealkylation sites (tertiary alicyclic amines) is 1. The van der Waals surface area contributed by atoms with E-state index in [2.05, 4.69) is 15.2 Å². The first-order valence-electron chi connectivity index (χ1n) is 9.47. The molecule has 1 aromatic heterocycles. The van der Waals surface area contributed by atoms with Gasteiger partial charge in [-0.15, -0.1) is 0 Å². The lowest BCUT2D eigenvalue weighted by molar-refractivity contribution is 0.0918. The second-order valence-corrected chi connectivity index (χ2v) is 9.74. The summed E-state index contributed by atoms with van der Waals surface area (Å²) < 4.78 is 25.8. The predicted molar refractivity (Wildman–Crippen MR) is 106 cm³/mol. The minimum absolute atomic E-state index is 0.0179. The molecule has 1 aromatic carbocycles. The van der Waals surface area contributed by atoms with Gasteiger partial charge in [0.05, 0.1) is 23.2 Å². The van der Waals surface area contributed by atoms with Gasteiger partial charge in [0.2, 0.25) is 0 Å². The van der Waals surface area contributed by atoms with Crippen LogP contribution < -0.4 is 11.0 Å². The number of sulfone groups is 1. The summed E-state index contributed by atoms with van der Waals surface area (Å²) in [5, 5.41) is 2.92. The van der Waals surface area contributed by atoms with Crippen molar-refractivity contribution in [3.63, 3.8) is 0 Å². The molecule has 4 rings (SSSR count). The van der Waals surface area contributed by atoms with Crippen molar-refractivity contribution in [2.24, 2.45) is 0 Å². The number of amides is 1. The standard InChI is InChI=1S/C19H24N4O4S/c1-13-10-20-19(25)23(13)15-6-4-14(5-7-15)18(24)21-16-11-28(26,27)12-17(16)22-8-2-3-9-22/h4-7,10,16-17H,2-3,8-9,11-12H2,1H3,(H,20,25)(H,21,24)/t16-,17+/m1/s1. The molecule has 0 radical (unpaired) electrons. The molecule has 150 valence electrons.